The number of carbonyl (C=O) groups excluding carboxylic acids is 1. The Bertz CT molecular complexity index is 1490. The van der Waals surface area contributed by atoms with Crippen LogP contribution in [0.1, 0.15) is 31.2 Å². The number of rotatable bonds is 4. The van der Waals surface area contributed by atoms with Crippen LogP contribution in [0.5, 0.6) is 5.75 Å². The number of imidazole rings is 1. The highest BCUT2D eigenvalue weighted by Crippen LogP contribution is 2.35. The fourth-order valence-electron chi connectivity index (χ4n) is 6.06. The number of fused-ring (bicyclic) bond motifs is 2. The van der Waals surface area contributed by atoms with Gasteiger partial charge in [0.1, 0.15) is 17.4 Å². The third kappa shape index (κ3) is 5.35. The summed E-state index contributed by atoms with van der Waals surface area (Å²) in [6.45, 7) is 7.38. The van der Waals surface area contributed by atoms with Gasteiger partial charge in [-0.25, -0.2) is 9.37 Å². The Morgan fingerprint density at radius 2 is 1.82 bits per heavy atom. The average Bonchev–Trinajstić information content (AvgIpc) is 3.32. The summed E-state index contributed by atoms with van der Waals surface area (Å²) >= 11 is 0. The second-order valence-electron chi connectivity index (χ2n) is 11.0. The molecule has 1 aromatic heterocycles. The number of carbonyl (C=O) groups is 1. The molecule has 2 atom stereocenters. The van der Waals surface area contributed by atoms with Crippen molar-refractivity contribution in [1.29, 1.82) is 0 Å². The highest BCUT2D eigenvalue weighted by molar-refractivity contribution is 5.82. The number of benzene rings is 3. The number of aromatic nitrogens is 2. The number of aryl methyl sites for hydroxylation is 1. The number of nitrogens with one attached hydrogen (secondary N) is 1. The van der Waals surface area contributed by atoms with Crippen molar-refractivity contribution in [3.8, 4) is 16.9 Å². The quantitative estimate of drug-likeness (QED) is 0.355. The van der Waals surface area contributed by atoms with Gasteiger partial charge in [-0.15, -0.1) is 0 Å². The SMILES string of the molecule is Cc1nc2ccc(-c3ccc4c(c3)CC(C)C(CC(=O)N3CCN(c5ccccc5F)CC3)CCO4)cc2[nH]1. The molecule has 1 amide bonds. The second kappa shape index (κ2) is 10.7. The zero-order valence-corrected chi connectivity index (χ0v) is 22.6. The fourth-order valence-corrected chi connectivity index (χ4v) is 6.06. The molecule has 0 radical (unpaired) electrons. The lowest BCUT2D eigenvalue weighted by Gasteiger charge is -2.37. The molecule has 1 N–H and O–H groups in total. The van der Waals surface area contributed by atoms with Gasteiger partial charge in [0.25, 0.3) is 0 Å². The maximum Gasteiger partial charge on any atom is 0.222 e. The highest BCUT2D eigenvalue weighted by Gasteiger charge is 2.29. The van der Waals surface area contributed by atoms with Gasteiger partial charge in [0.2, 0.25) is 5.91 Å². The predicted molar refractivity (Wildman–Crippen MR) is 153 cm³/mol. The van der Waals surface area contributed by atoms with Crippen molar-refractivity contribution in [2.75, 3.05) is 37.7 Å². The van der Waals surface area contributed by atoms with E-state index in [1.807, 2.05) is 28.9 Å². The van der Waals surface area contributed by atoms with Crippen LogP contribution in [0.15, 0.2) is 60.7 Å². The molecule has 2 unspecified atom stereocenters. The van der Waals surface area contributed by atoms with Gasteiger partial charge in [0.05, 0.1) is 23.3 Å². The summed E-state index contributed by atoms with van der Waals surface area (Å²) in [6.07, 6.45) is 2.25. The van der Waals surface area contributed by atoms with Gasteiger partial charge in [0, 0.05) is 32.6 Å². The first-order valence-corrected chi connectivity index (χ1v) is 13.9. The largest absolute Gasteiger partial charge is 0.493 e. The molecular weight excluding hydrogens is 491 g/mol. The minimum absolute atomic E-state index is 0.192. The minimum Gasteiger partial charge on any atom is -0.493 e. The Hall–Kier alpha value is -3.87. The second-order valence-corrected chi connectivity index (χ2v) is 11.0. The zero-order chi connectivity index (χ0) is 26.9. The molecule has 4 aromatic rings. The highest BCUT2D eigenvalue weighted by atomic mass is 19.1. The molecule has 3 aromatic carbocycles. The number of H-pyrrole nitrogens is 1. The molecule has 6 nitrogen and oxygen atoms in total. The average molecular weight is 527 g/mol. The number of aromatic amines is 1. The lowest BCUT2D eigenvalue weighted by molar-refractivity contribution is -0.133. The van der Waals surface area contributed by atoms with Gasteiger partial charge < -0.3 is 19.5 Å². The van der Waals surface area contributed by atoms with E-state index in [1.54, 1.807) is 6.07 Å². The maximum atomic E-state index is 14.2. The molecule has 0 saturated carbocycles. The number of halogens is 1. The molecule has 0 bridgehead atoms. The zero-order valence-electron chi connectivity index (χ0n) is 22.6. The number of ether oxygens (including phenoxy) is 1. The van der Waals surface area contributed by atoms with Gasteiger partial charge in [0.15, 0.2) is 0 Å². The molecule has 39 heavy (non-hydrogen) atoms. The van der Waals surface area contributed by atoms with E-state index in [0.717, 1.165) is 46.6 Å². The van der Waals surface area contributed by atoms with Crippen molar-refractivity contribution in [3.63, 3.8) is 0 Å². The van der Waals surface area contributed by atoms with Crippen molar-refractivity contribution >= 4 is 22.6 Å². The number of piperazine rings is 1. The van der Waals surface area contributed by atoms with E-state index >= 15 is 0 Å². The van der Waals surface area contributed by atoms with E-state index in [-0.39, 0.29) is 17.6 Å². The number of anilines is 1. The van der Waals surface area contributed by atoms with Crippen molar-refractivity contribution in [1.82, 2.24) is 14.9 Å². The Labute approximate surface area is 228 Å². The first-order chi connectivity index (χ1) is 18.9. The summed E-state index contributed by atoms with van der Waals surface area (Å²) in [4.78, 5) is 25.1. The van der Waals surface area contributed by atoms with Crippen LogP contribution in [0.2, 0.25) is 0 Å². The van der Waals surface area contributed by atoms with Crippen LogP contribution in [-0.4, -0.2) is 53.6 Å². The minimum atomic E-state index is -0.207. The molecule has 3 heterocycles. The van der Waals surface area contributed by atoms with Gasteiger partial charge >= 0.3 is 0 Å². The lowest BCUT2D eigenvalue weighted by Crippen LogP contribution is -2.49. The third-order valence-corrected chi connectivity index (χ3v) is 8.35. The molecule has 0 aliphatic carbocycles. The van der Waals surface area contributed by atoms with E-state index in [1.165, 1.54) is 11.6 Å². The van der Waals surface area contributed by atoms with Crippen LogP contribution in [0.25, 0.3) is 22.2 Å². The van der Waals surface area contributed by atoms with Crippen molar-refractivity contribution < 1.29 is 13.9 Å². The standard InChI is InChI=1S/C32H35FN4O2/c1-21-17-26-18-24(25-7-9-28-29(19-25)35-22(2)34-28)8-10-31(26)39-16-11-23(21)20-32(38)37-14-12-36(13-15-37)30-6-4-3-5-27(30)33/h3-10,18-19,21,23H,11-17,20H2,1-2H3,(H,34,35). The van der Waals surface area contributed by atoms with Crippen LogP contribution < -0.4 is 9.64 Å². The number of amides is 1. The first kappa shape index (κ1) is 25.4. The van der Waals surface area contributed by atoms with Crippen molar-refractivity contribution in [3.05, 3.63) is 77.9 Å². The first-order valence-electron chi connectivity index (χ1n) is 13.9. The van der Waals surface area contributed by atoms with Crippen molar-refractivity contribution in [2.45, 2.75) is 33.1 Å². The van der Waals surface area contributed by atoms with Gasteiger partial charge in [-0.3, -0.25) is 4.79 Å². The molecule has 7 heteroatoms. The van der Waals surface area contributed by atoms with Gasteiger partial charge in [-0.2, -0.15) is 0 Å². The summed E-state index contributed by atoms with van der Waals surface area (Å²) in [5.41, 5.74) is 6.12. The molecule has 2 aliphatic heterocycles. The smallest absolute Gasteiger partial charge is 0.222 e. The molecular formula is C32H35FN4O2. The van der Waals surface area contributed by atoms with E-state index in [4.69, 9.17) is 4.74 Å². The number of hydrogen-bond acceptors (Lipinski definition) is 4. The maximum absolute atomic E-state index is 14.2. The predicted octanol–water partition coefficient (Wildman–Crippen LogP) is 5.99. The topological polar surface area (TPSA) is 61.5 Å². The molecule has 0 spiro atoms. The lowest BCUT2D eigenvalue weighted by atomic mass is 9.82. The Kier molecular flexibility index (Phi) is 6.98. The number of hydrogen-bond donors (Lipinski definition) is 1. The van der Waals surface area contributed by atoms with E-state index in [0.29, 0.717) is 50.8 Å². The van der Waals surface area contributed by atoms with E-state index < -0.39 is 0 Å². The molecule has 1 fully saturated rings. The Morgan fingerprint density at radius 3 is 2.64 bits per heavy atom. The molecule has 1 saturated heterocycles. The Morgan fingerprint density at radius 1 is 1.05 bits per heavy atom. The normalized spacial score (nSPS) is 19.8. The monoisotopic (exact) mass is 526 g/mol. The summed E-state index contributed by atoms with van der Waals surface area (Å²) in [7, 11) is 0. The van der Waals surface area contributed by atoms with Crippen LogP contribution in [0.3, 0.4) is 0 Å². The number of para-hydroxylation sites is 1. The van der Waals surface area contributed by atoms with Gasteiger partial charge in [-0.05, 0) is 84.7 Å². The van der Waals surface area contributed by atoms with Crippen molar-refractivity contribution in [2.24, 2.45) is 11.8 Å². The summed E-state index contributed by atoms with van der Waals surface area (Å²) in [6, 6.07) is 19.6. The van der Waals surface area contributed by atoms with E-state index in [2.05, 4.69) is 53.3 Å². The van der Waals surface area contributed by atoms with Crippen LogP contribution in [0, 0.1) is 24.6 Å². The van der Waals surface area contributed by atoms with E-state index in [9.17, 15) is 9.18 Å². The molecule has 6 rings (SSSR count). The fraction of sp³-hybridized carbons (Fsp3) is 0.375. The Balaban J connectivity index is 1.11. The molecule has 2 aliphatic rings. The summed E-state index contributed by atoms with van der Waals surface area (Å²) in [5.74, 6) is 2.44. The summed E-state index contributed by atoms with van der Waals surface area (Å²) < 4.78 is 20.4. The van der Waals surface area contributed by atoms with Crippen LogP contribution >= 0.6 is 0 Å². The van der Waals surface area contributed by atoms with Gasteiger partial charge in [-0.1, -0.05) is 31.2 Å². The van der Waals surface area contributed by atoms with Crippen LogP contribution in [0.4, 0.5) is 10.1 Å². The number of nitrogens with zero attached hydrogens (tertiary/aromatic N) is 3. The van der Waals surface area contributed by atoms with Crippen LogP contribution in [-0.2, 0) is 11.2 Å². The summed E-state index contributed by atoms with van der Waals surface area (Å²) in [5, 5.41) is 0. The third-order valence-electron chi connectivity index (χ3n) is 8.35. The molecule has 202 valence electrons.